The molecular weight excluding hydrogens is 212 g/mol. The lowest BCUT2D eigenvalue weighted by Crippen LogP contribution is -2.55. The van der Waals surface area contributed by atoms with Crippen LogP contribution in [-0.2, 0) is 4.74 Å². The van der Waals surface area contributed by atoms with E-state index in [9.17, 15) is 0 Å². The Morgan fingerprint density at radius 2 is 2.24 bits per heavy atom. The molecule has 0 heterocycles. The van der Waals surface area contributed by atoms with Crippen LogP contribution in [0.3, 0.4) is 0 Å². The molecule has 2 atom stereocenters. The lowest BCUT2D eigenvalue weighted by molar-refractivity contribution is 0.142. The Bertz CT molecular complexity index is 208. The molecule has 17 heavy (non-hydrogen) atoms. The largest absolute Gasteiger partial charge is 0.383 e. The summed E-state index contributed by atoms with van der Waals surface area (Å²) < 4.78 is 5.11. The van der Waals surface area contributed by atoms with Crippen LogP contribution in [0.2, 0.25) is 0 Å². The van der Waals surface area contributed by atoms with Gasteiger partial charge in [0.1, 0.15) is 0 Å². The molecule has 102 valence electrons. The summed E-state index contributed by atoms with van der Waals surface area (Å²) in [5, 5.41) is 3.64. The summed E-state index contributed by atoms with van der Waals surface area (Å²) >= 11 is 0. The molecular formula is C14H30N2O. The summed E-state index contributed by atoms with van der Waals surface area (Å²) in [4.78, 5) is 0. The molecule has 3 nitrogen and oxygen atoms in total. The number of rotatable bonds is 7. The molecule has 1 aliphatic carbocycles. The lowest BCUT2D eigenvalue weighted by Gasteiger charge is -2.41. The van der Waals surface area contributed by atoms with Crippen molar-refractivity contribution in [1.29, 1.82) is 0 Å². The molecule has 0 aliphatic heterocycles. The standard InChI is InChI=1S/C14H30N2O/c1-12(2)9-13-5-4-6-14(10-13,11-15)16-7-8-17-3/h12-13,16H,4-11,15H2,1-3H3. The molecule has 3 N–H and O–H groups in total. The second kappa shape index (κ2) is 7.34. The Morgan fingerprint density at radius 3 is 2.82 bits per heavy atom. The number of nitrogens with one attached hydrogen (secondary N) is 1. The molecule has 1 rings (SSSR count). The first kappa shape index (κ1) is 14.9. The fraction of sp³-hybridized carbons (Fsp3) is 1.00. The van der Waals surface area contributed by atoms with Gasteiger partial charge in [-0.05, 0) is 31.1 Å². The summed E-state index contributed by atoms with van der Waals surface area (Å²) in [6.45, 7) is 7.08. The Hall–Kier alpha value is -0.120. The number of hydrogen-bond acceptors (Lipinski definition) is 3. The average molecular weight is 242 g/mol. The molecule has 1 fully saturated rings. The first-order chi connectivity index (χ1) is 8.12. The van der Waals surface area contributed by atoms with Gasteiger partial charge >= 0.3 is 0 Å². The zero-order valence-electron chi connectivity index (χ0n) is 11.8. The summed E-state index contributed by atoms with van der Waals surface area (Å²) in [5.74, 6) is 1.65. The summed E-state index contributed by atoms with van der Waals surface area (Å²) in [6.07, 6.45) is 6.50. The van der Waals surface area contributed by atoms with Gasteiger partial charge in [0, 0.05) is 25.7 Å². The predicted octanol–water partition coefficient (Wildman–Crippen LogP) is 2.16. The Balaban J connectivity index is 2.46. The van der Waals surface area contributed by atoms with Gasteiger partial charge in [-0.15, -0.1) is 0 Å². The summed E-state index contributed by atoms with van der Waals surface area (Å²) in [7, 11) is 1.75. The molecule has 0 bridgehead atoms. The third-order valence-electron chi connectivity index (χ3n) is 3.95. The van der Waals surface area contributed by atoms with Crippen LogP contribution < -0.4 is 11.1 Å². The van der Waals surface area contributed by atoms with Crippen molar-refractivity contribution in [2.24, 2.45) is 17.6 Å². The van der Waals surface area contributed by atoms with E-state index in [0.29, 0.717) is 0 Å². The molecule has 3 heteroatoms. The number of nitrogens with two attached hydrogens (primary N) is 1. The first-order valence-electron chi connectivity index (χ1n) is 7.06. The minimum Gasteiger partial charge on any atom is -0.383 e. The third-order valence-corrected chi connectivity index (χ3v) is 3.95. The van der Waals surface area contributed by atoms with Crippen LogP contribution in [0.1, 0.15) is 46.0 Å². The van der Waals surface area contributed by atoms with Crippen LogP contribution in [-0.4, -0.2) is 32.3 Å². The molecule has 0 spiro atoms. The van der Waals surface area contributed by atoms with Crippen LogP contribution >= 0.6 is 0 Å². The van der Waals surface area contributed by atoms with Crippen molar-refractivity contribution >= 4 is 0 Å². The van der Waals surface area contributed by atoms with Gasteiger partial charge in [-0.2, -0.15) is 0 Å². The second-order valence-electron chi connectivity index (χ2n) is 6.00. The van der Waals surface area contributed by atoms with Gasteiger partial charge in [-0.1, -0.05) is 26.7 Å². The highest BCUT2D eigenvalue weighted by molar-refractivity contribution is 4.94. The highest BCUT2D eigenvalue weighted by Crippen LogP contribution is 2.35. The number of ether oxygens (including phenoxy) is 1. The highest BCUT2D eigenvalue weighted by atomic mass is 16.5. The number of methoxy groups -OCH3 is 1. The fourth-order valence-corrected chi connectivity index (χ4v) is 3.19. The molecule has 1 saturated carbocycles. The zero-order chi connectivity index (χ0) is 12.7. The number of hydrogen-bond donors (Lipinski definition) is 2. The van der Waals surface area contributed by atoms with Gasteiger partial charge in [-0.3, -0.25) is 0 Å². The zero-order valence-corrected chi connectivity index (χ0v) is 11.8. The van der Waals surface area contributed by atoms with Gasteiger partial charge in [0.2, 0.25) is 0 Å². The van der Waals surface area contributed by atoms with E-state index >= 15 is 0 Å². The summed E-state index contributed by atoms with van der Waals surface area (Å²) in [6, 6.07) is 0. The van der Waals surface area contributed by atoms with Gasteiger partial charge in [0.05, 0.1) is 6.61 Å². The molecule has 1 aliphatic rings. The van der Waals surface area contributed by atoms with Crippen molar-refractivity contribution in [3.05, 3.63) is 0 Å². The van der Waals surface area contributed by atoms with E-state index in [1.165, 1.54) is 32.1 Å². The Labute approximate surface area is 106 Å². The Morgan fingerprint density at radius 1 is 1.47 bits per heavy atom. The minimum absolute atomic E-state index is 0.177. The van der Waals surface area contributed by atoms with Gasteiger partial charge in [-0.25, -0.2) is 0 Å². The SMILES string of the molecule is COCCNC1(CN)CCCC(CC(C)C)C1. The minimum atomic E-state index is 0.177. The van der Waals surface area contributed by atoms with Gasteiger partial charge < -0.3 is 15.8 Å². The van der Waals surface area contributed by atoms with Crippen LogP contribution in [0.15, 0.2) is 0 Å². The van der Waals surface area contributed by atoms with Crippen molar-refractivity contribution in [3.8, 4) is 0 Å². The topological polar surface area (TPSA) is 47.3 Å². The fourth-order valence-electron chi connectivity index (χ4n) is 3.19. The monoisotopic (exact) mass is 242 g/mol. The first-order valence-corrected chi connectivity index (χ1v) is 7.06. The molecule has 0 amide bonds. The van der Waals surface area contributed by atoms with Crippen molar-refractivity contribution in [2.45, 2.75) is 51.5 Å². The van der Waals surface area contributed by atoms with Crippen molar-refractivity contribution < 1.29 is 4.74 Å². The lowest BCUT2D eigenvalue weighted by atomic mass is 9.73. The van der Waals surface area contributed by atoms with Crippen molar-refractivity contribution in [2.75, 3.05) is 26.8 Å². The predicted molar refractivity (Wildman–Crippen MR) is 73.1 cm³/mol. The summed E-state index contributed by atoms with van der Waals surface area (Å²) in [5.41, 5.74) is 6.19. The van der Waals surface area contributed by atoms with E-state index in [4.69, 9.17) is 10.5 Å². The quantitative estimate of drug-likeness (QED) is 0.673. The van der Waals surface area contributed by atoms with E-state index in [1.54, 1.807) is 7.11 Å². The highest BCUT2D eigenvalue weighted by Gasteiger charge is 2.34. The smallest absolute Gasteiger partial charge is 0.0587 e. The van der Waals surface area contributed by atoms with Gasteiger partial charge in [0.25, 0.3) is 0 Å². The molecule has 0 aromatic heterocycles. The van der Waals surface area contributed by atoms with E-state index in [-0.39, 0.29) is 5.54 Å². The maximum atomic E-state index is 6.01. The van der Waals surface area contributed by atoms with Crippen molar-refractivity contribution in [1.82, 2.24) is 5.32 Å². The van der Waals surface area contributed by atoms with Crippen LogP contribution in [0.4, 0.5) is 0 Å². The molecule has 0 radical (unpaired) electrons. The van der Waals surface area contributed by atoms with Crippen LogP contribution in [0, 0.1) is 11.8 Å². The molecule has 0 saturated heterocycles. The maximum absolute atomic E-state index is 6.01. The van der Waals surface area contributed by atoms with Crippen LogP contribution in [0.5, 0.6) is 0 Å². The molecule has 0 aromatic rings. The van der Waals surface area contributed by atoms with Crippen LogP contribution in [0.25, 0.3) is 0 Å². The Kier molecular flexibility index (Phi) is 6.45. The third kappa shape index (κ3) is 4.94. The maximum Gasteiger partial charge on any atom is 0.0587 e. The van der Waals surface area contributed by atoms with E-state index < -0.39 is 0 Å². The van der Waals surface area contributed by atoms with Gasteiger partial charge in [0.15, 0.2) is 0 Å². The van der Waals surface area contributed by atoms with E-state index in [1.807, 2.05) is 0 Å². The van der Waals surface area contributed by atoms with Crippen molar-refractivity contribution in [3.63, 3.8) is 0 Å². The second-order valence-corrected chi connectivity index (χ2v) is 6.00. The molecule has 2 unspecified atom stereocenters. The van der Waals surface area contributed by atoms with E-state index in [0.717, 1.165) is 31.5 Å². The van der Waals surface area contributed by atoms with E-state index in [2.05, 4.69) is 19.2 Å². The molecule has 0 aromatic carbocycles. The average Bonchev–Trinajstić information content (AvgIpc) is 2.29. The normalized spacial score (nSPS) is 29.8.